The van der Waals surface area contributed by atoms with E-state index in [4.69, 9.17) is 21.1 Å². The number of hydrogen-bond donors (Lipinski definition) is 0. The van der Waals surface area contributed by atoms with Gasteiger partial charge in [-0.2, -0.15) is 0 Å². The van der Waals surface area contributed by atoms with Crippen molar-refractivity contribution < 1.29 is 22.7 Å². The molecule has 0 atom stereocenters. The lowest BCUT2D eigenvalue weighted by atomic mass is 10.1. The number of methoxy groups -OCH3 is 2. The van der Waals surface area contributed by atoms with Crippen molar-refractivity contribution in [1.29, 1.82) is 0 Å². The lowest BCUT2D eigenvalue weighted by molar-refractivity contribution is 0.0747. The van der Waals surface area contributed by atoms with E-state index in [0.717, 1.165) is 11.8 Å². The molecule has 0 aliphatic carbocycles. The minimum atomic E-state index is -3.79. The average molecular weight is 572 g/mol. The Hall–Kier alpha value is -3.43. The molecule has 0 bridgehead atoms. The number of ether oxygens (including phenoxy) is 2. The number of halogens is 1. The average Bonchev–Trinajstić information content (AvgIpc) is 2.92. The molecule has 8 nitrogen and oxygen atoms in total. The minimum Gasteiger partial charge on any atom is -0.493 e. The maximum atomic E-state index is 14.0. The minimum absolute atomic E-state index is 0.0200. The molecule has 0 N–H and O–H groups in total. The SMILES string of the molecule is COc1cc(C(=O)N2CCN(c3cccc(C)c3C)CC2)c(N(Cc2ccc(Cl)cc2)S(C)(=O)=O)cc1OC. The van der Waals surface area contributed by atoms with Gasteiger partial charge in [-0.1, -0.05) is 35.9 Å². The van der Waals surface area contributed by atoms with Crippen LogP contribution in [0.1, 0.15) is 27.0 Å². The zero-order chi connectivity index (χ0) is 28.3. The number of benzene rings is 3. The second-order valence-corrected chi connectivity index (χ2v) is 12.0. The van der Waals surface area contributed by atoms with Gasteiger partial charge in [-0.15, -0.1) is 0 Å². The van der Waals surface area contributed by atoms with Crippen LogP contribution >= 0.6 is 11.6 Å². The van der Waals surface area contributed by atoms with E-state index in [-0.39, 0.29) is 23.7 Å². The quantitative estimate of drug-likeness (QED) is 0.382. The molecule has 4 rings (SSSR count). The Morgan fingerprint density at radius 1 is 0.949 bits per heavy atom. The molecular formula is C29H34ClN3O5S. The van der Waals surface area contributed by atoms with E-state index in [0.29, 0.717) is 42.7 Å². The van der Waals surface area contributed by atoms with Gasteiger partial charge < -0.3 is 19.3 Å². The van der Waals surface area contributed by atoms with Crippen LogP contribution < -0.4 is 18.7 Å². The van der Waals surface area contributed by atoms with E-state index in [1.165, 1.54) is 35.3 Å². The number of anilines is 2. The van der Waals surface area contributed by atoms with Crippen LogP contribution in [0.4, 0.5) is 11.4 Å². The number of aryl methyl sites for hydroxylation is 1. The van der Waals surface area contributed by atoms with E-state index < -0.39 is 10.0 Å². The molecule has 1 aliphatic rings. The van der Waals surface area contributed by atoms with Crippen molar-refractivity contribution in [3.05, 3.63) is 81.9 Å². The summed E-state index contributed by atoms with van der Waals surface area (Å²) in [5, 5.41) is 0.548. The highest BCUT2D eigenvalue weighted by molar-refractivity contribution is 7.92. The number of rotatable bonds is 8. The third-order valence-corrected chi connectivity index (χ3v) is 8.50. The summed E-state index contributed by atoms with van der Waals surface area (Å²) in [6.07, 6.45) is 1.12. The third kappa shape index (κ3) is 6.25. The molecule has 10 heteroatoms. The smallest absolute Gasteiger partial charge is 0.256 e. The van der Waals surface area contributed by atoms with E-state index in [9.17, 15) is 13.2 Å². The Morgan fingerprint density at radius 3 is 2.15 bits per heavy atom. The summed E-state index contributed by atoms with van der Waals surface area (Å²) in [4.78, 5) is 18.0. The molecule has 3 aromatic rings. The van der Waals surface area contributed by atoms with Gasteiger partial charge in [0, 0.05) is 43.0 Å². The number of hydrogen-bond acceptors (Lipinski definition) is 6. The van der Waals surface area contributed by atoms with Crippen molar-refractivity contribution in [2.24, 2.45) is 0 Å². The first kappa shape index (κ1) is 28.6. The number of carbonyl (C=O) groups is 1. The predicted molar refractivity (Wildman–Crippen MR) is 156 cm³/mol. The second kappa shape index (κ2) is 11.8. The summed E-state index contributed by atoms with van der Waals surface area (Å²) in [6, 6.07) is 16.3. The molecule has 1 fully saturated rings. The highest BCUT2D eigenvalue weighted by Gasteiger charge is 2.30. The van der Waals surface area contributed by atoms with E-state index in [1.807, 2.05) is 6.07 Å². The maximum absolute atomic E-state index is 14.0. The Kier molecular flexibility index (Phi) is 8.61. The highest BCUT2D eigenvalue weighted by Crippen LogP contribution is 2.38. The fourth-order valence-electron chi connectivity index (χ4n) is 4.78. The van der Waals surface area contributed by atoms with Gasteiger partial charge in [0.25, 0.3) is 5.91 Å². The van der Waals surface area contributed by atoms with Gasteiger partial charge in [0.05, 0.1) is 38.3 Å². The van der Waals surface area contributed by atoms with E-state index >= 15 is 0 Å². The third-order valence-electron chi connectivity index (χ3n) is 7.12. The molecule has 3 aromatic carbocycles. The van der Waals surface area contributed by atoms with Crippen LogP contribution in [0.2, 0.25) is 5.02 Å². The van der Waals surface area contributed by atoms with Crippen molar-refractivity contribution in [1.82, 2.24) is 4.90 Å². The first-order valence-corrected chi connectivity index (χ1v) is 14.8. The maximum Gasteiger partial charge on any atom is 0.256 e. The number of nitrogens with zero attached hydrogens (tertiary/aromatic N) is 3. The highest BCUT2D eigenvalue weighted by atomic mass is 35.5. The number of piperazine rings is 1. The van der Waals surface area contributed by atoms with Crippen LogP contribution in [0.25, 0.3) is 0 Å². The van der Waals surface area contributed by atoms with Crippen LogP contribution in [0.15, 0.2) is 54.6 Å². The molecule has 0 saturated carbocycles. The van der Waals surface area contributed by atoms with Crippen LogP contribution in [-0.2, 0) is 16.6 Å². The molecule has 1 saturated heterocycles. The molecular weight excluding hydrogens is 538 g/mol. The Labute approximate surface area is 235 Å². The first-order valence-electron chi connectivity index (χ1n) is 12.6. The molecule has 0 unspecified atom stereocenters. The van der Waals surface area contributed by atoms with Crippen LogP contribution in [0.5, 0.6) is 11.5 Å². The van der Waals surface area contributed by atoms with Crippen molar-refractivity contribution in [2.45, 2.75) is 20.4 Å². The van der Waals surface area contributed by atoms with E-state index in [2.05, 4.69) is 30.9 Å². The summed E-state index contributed by atoms with van der Waals surface area (Å²) in [5.74, 6) is 0.406. The Balaban J connectivity index is 1.69. The summed E-state index contributed by atoms with van der Waals surface area (Å²) in [5.41, 5.74) is 4.80. The number of sulfonamides is 1. The fourth-order valence-corrected chi connectivity index (χ4v) is 5.80. The molecule has 1 amide bonds. The molecule has 1 aliphatic heterocycles. The summed E-state index contributed by atoms with van der Waals surface area (Å²) in [6.45, 7) is 6.55. The van der Waals surface area contributed by atoms with Gasteiger partial charge >= 0.3 is 0 Å². The van der Waals surface area contributed by atoms with Crippen molar-refractivity contribution in [3.8, 4) is 11.5 Å². The van der Waals surface area contributed by atoms with Gasteiger partial charge in [-0.25, -0.2) is 8.42 Å². The normalized spacial score (nSPS) is 13.8. The van der Waals surface area contributed by atoms with Gasteiger partial charge in [0.15, 0.2) is 11.5 Å². The van der Waals surface area contributed by atoms with Gasteiger partial charge in [0.2, 0.25) is 10.0 Å². The standard InChI is InChI=1S/C29H34ClN3O5S/c1-20-7-6-8-25(21(20)2)31-13-15-32(16-14-31)29(34)24-17-27(37-3)28(38-4)18-26(24)33(39(5,35)36)19-22-9-11-23(30)12-10-22/h6-12,17-18H,13-16,19H2,1-5H3. The van der Waals surface area contributed by atoms with Gasteiger partial charge in [0.1, 0.15) is 0 Å². The topological polar surface area (TPSA) is 79.4 Å². The summed E-state index contributed by atoms with van der Waals surface area (Å²) < 4.78 is 38.3. The molecule has 0 spiro atoms. The predicted octanol–water partition coefficient (Wildman–Crippen LogP) is 4.90. The van der Waals surface area contributed by atoms with E-state index in [1.54, 1.807) is 41.3 Å². The number of carbonyl (C=O) groups excluding carboxylic acids is 1. The van der Waals surface area contributed by atoms with Crippen molar-refractivity contribution in [2.75, 3.05) is 55.9 Å². The van der Waals surface area contributed by atoms with Crippen molar-refractivity contribution in [3.63, 3.8) is 0 Å². The van der Waals surface area contributed by atoms with Crippen LogP contribution in [-0.4, -0.2) is 65.9 Å². The zero-order valence-corrected chi connectivity index (χ0v) is 24.5. The van der Waals surface area contributed by atoms with Gasteiger partial charge in [-0.05, 0) is 54.8 Å². The largest absolute Gasteiger partial charge is 0.493 e. The zero-order valence-electron chi connectivity index (χ0n) is 22.9. The van der Waals surface area contributed by atoms with Crippen LogP contribution in [0, 0.1) is 13.8 Å². The molecule has 208 valence electrons. The first-order chi connectivity index (χ1) is 18.5. The summed E-state index contributed by atoms with van der Waals surface area (Å²) >= 11 is 6.03. The lowest BCUT2D eigenvalue weighted by Crippen LogP contribution is -2.49. The molecule has 0 radical (unpaired) electrons. The lowest BCUT2D eigenvalue weighted by Gasteiger charge is -2.37. The summed E-state index contributed by atoms with van der Waals surface area (Å²) in [7, 11) is -0.831. The molecule has 1 heterocycles. The van der Waals surface area contributed by atoms with Crippen molar-refractivity contribution >= 4 is 38.9 Å². The Morgan fingerprint density at radius 2 is 1.56 bits per heavy atom. The molecule has 39 heavy (non-hydrogen) atoms. The monoisotopic (exact) mass is 571 g/mol. The molecule has 0 aromatic heterocycles. The number of amides is 1. The fraction of sp³-hybridized carbons (Fsp3) is 0.345. The second-order valence-electron chi connectivity index (χ2n) is 9.62. The van der Waals surface area contributed by atoms with Gasteiger partial charge in [-0.3, -0.25) is 9.10 Å². The van der Waals surface area contributed by atoms with Crippen LogP contribution in [0.3, 0.4) is 0 Å². The Bertz CT molecular complexity index is 1450.